The van der Waals surface area contributed by atoms with Crippen molar-refractivity contribution < 1.29 is 0 Å². The Kier molecular flexibility index (Phi) is 6.77. The van der Waals surface area contributed by atoms with Crippen molar-refractivity contribution in [1.29, 1.82) is 0 Å². The highest BCUT2D eigenvalue weighted by molar-refractivity contribution is 5.66. The maximum Gasteiger partial charge on any atom is 0.160 e. The Bertz CT molecular complexity index is 636. The van der Waals surface area contributed by atoms with E-state index in [1.807, 2.05) is 6.20 Å². The number of rotatable bonds is 8. The predicted molar refractivity (Wildman–Crippen MR) is 104 cm³/mol. The third kappa shape index (κ3) is 3.95. The first-order valence-corrected chi connectivity index (χ1v) is 9.35. The first-order chi connectivity index (χ1) is 11.7. The summed E-state index contributed by atoms with van der Waals surface area (Å²) in [6, 6.07) is 6.54. The van der Waals surface area contributed by atoms with E-state index in [0.29, 0.717) is 0 Å². The summed E-state index contributed by atoms with van der Waals surface area (Å²) in [5, 5.41) is 0. The maximum atomic E-state index is 4.89. The number of hydrogen-bond donors (Lipinski definition) is 0. The molecule has 3 nitrogen and oxygen atoms in total. The van der Waals surface area contributed by atoms with Crippen LogP contribution in [0.4, 0.5) is 5.69 Å². The minimum Gasteiger partial charge on any atom is -0.369 e. The van der Waals surface area contributed by atoms with Gasteiger partial charge in [0, 0.05) is 18.7 Å². The van der Waals surface area contributed by atoms with Crippen LogP contribution in [0.5, 0.6) is 0 Å². The highest BCUT2D eigenvalue weighted by Crippen LogP contribution is 2.28. The minimum atomic E-state index is 0.874. The van der Waals surface area contributed by atoms with Crippen LogP contribution in [0.2, 0.25) is 0 Å². The monoisotopic (exact) mass is 325 g/mol. The van der Waals surface area contributed by atoms with E-state index in [1.165, 1.54) is 22.4 Å². The molecular weight excluding hydrogens is 294 g/mol. The summed E-state index contributed by atoms with van der Waals surface area (Å²) >= 11 is 0. The van der Waals surface area contributed by atoms with Gasteiger partial charge in [-0.1, -0.05) is 45.9 Å². The van der Waals surface area contributed by atoms with Crippen molar-refractivity contribution in [3.63, 3.8) is 0 Å². The van der Waals surface area contributed by atoms with Gasteiger partial charge in [0.25, 0.3) is 0 Å². The Labute approximate surface area is 147 Å². The number of aryl methyl sites for hydroxylation is 3. The lowest BCUT2D eigenvalue weighted by molar-refractivity contribution is 0.738. The second kappa shape index (κ2) is 8.81. The fraction of sp³-hybridized carbons (Fsp3) is 0.524. The van der Waals surface area contributed by atoms with Crippen LogP contribution in [0.3, 0.4) is 0 Å². The molecule has 130 valence electrons. The van der Waals surface area contributed by atoms with Crippen molar-refractivity contribution in [2.75, 3.05) is 18.0 Å². The van der Waals surface area contributed by atoms with E-state index in [0.717, 1.165) is 50.3 Å². The average molecular weight is 326 g/mol. The van der Waals surface area contributed by atoms with Gasteiger partial charge in [0.05, 0.1) is 17.6 Å². The van der Waals surface area contributed by atoms with Crippen LogP contribution in [-0.2, 0) is 12.8 Å². The van der Waals surface area contributed by atoms with Crippen LogP contribution < -0.4 is 4.90 Å². The molecule has 24 heavy (non-hydrogen) atoms. The molecule has 0 N–H and O–H groups in total. The first-order valence-electron chi connectivity index (χ1n) is 9.35. The van der Waals surface area contributed by atoms with Crippen LogP contribution >= 0.6 is 0 Å². The van der Waals surface area contributed by atoms with Crippen molar-refractivity contribution in [3.05, 3.63) is 41.2 Å². The van der Waals surface area contributed by atoms with E-state index in [1.54, 1.807) is 0 Å². The van der Waals surface area contributed by atoms with Crippen molar-refractivity contribution in [3.8, 4) is 11.4 Å². The molecule has 0 aliphatic carbocycles. The molecule has 3 heteroatoms. The normalized spacial score (nSPS) is 10.9. The van der Waals surface area contributed by atoms with E-state index < -0.39 is 0 Å². The van der Waals surface area contributed by atoms with Crippen LogP contribution in [-0.4, -0.2) is 23.1 Å². The summed E-state index contributed by atoms with van der Waals surface area (Å²) in [7, 11) is 0. The fourth-order valence-electron chi connectivity index (χ4n) is 3.31. The molecule has 0 atom stereocenters. The number of anilines is 1. The molecule has 0 amide bonds. The Hall–Kier alpha value is -1.90. The Morgan fingerprint density at radius 1 is 0.917 bits per heavy atom. The summed E-state index contributed by atoms with van der Waals surface area (Å²) in [6.07, 6.45) is 6.31. The van der Waals surface area contributed by atoms with Gasteiger partial charge in [-0.15, -0.1) is 0 Å². The SMILES string of the molecule is CCCN(CCC)c1cnc(-c2c(CC)cccc2CC)nc1C. The molecular formula is C21H31N3. The fourth-order valence-corrected chi connectivity index (χ4v) is 3.31. The van der Waals surface area contributed by atoms with Crippen LogP contribution in [0.1, 0.15) is 57.4 Å². The third-order valence-electron chi connectivity index (χ3n) is 4.50. The van der Waals surface area contributed by atoms with Crippen molar-refractivity contribution in [1.82, 2.24) is 9.97 Å². The number of benzene rings is 1. The second-order valence-corrected chi connectivity index (χ2v) is 6.31. The number of aromatic nitrogens is 2. The standard InChI is InChI=1S/C21H31N3/c1-6-13-24(14-7-2)19-15-22-21(23-16(19)5)20-17(8-3)11-10-12-18(20)9-4/h10-12,15H,6-9,13-14H2,1-5H3. The molecule has 0 bridgehead atoms. The van der Waals surface area contributed by atoms with Gasteiger partial charge in [-0.05, 0) is 43.7 Å². The van der Waals surface area contributed by atoms with Gasteiger partial charge >= 0.3 is 0 Å². The molecule has 0 radical (unpaired) electrons. The van der Waals surface area contributed by atoms with Crippen molar-refractivity contribution in [2.45, 2.75) is 60.3 Å². The zero-order valence-corrected chi connectivity index (χ0v) is 15.9. The molecule has 0 aliphatic heterocycles. The van der Waals surface area contributed by atoms with E-state index >= 15 is 0 Å². The second-order valence-electron chi connectivity index (χ2n) is 6.31. The topological polar surface area (TPSA) is 29.0 Å². The smallest absolute Gasteiger partial charge is 0.160 e. The quantitative estimate of drug-likeness (QED) is 0.667. The lowest BCUT2D eigenvalue weighted by Gasteiger charge is -2.25. The minimum absolute atomic E-state index is 0.874. The highest BCUT2D eigenvalue weighted by Gasteiger charge is 2.15. The molecule has 2 rings (SSSR count). The summed E-state index contributed by atoms with van der Waals surface area (Å²) in [6.45, 7) is 13.1. The molecule has 1 aromatic carbocycles. The maximum absolute atomic E-state index is 4.89. The molecule has 1 heterocycles. The largest absolute Gasteiger partial charge is 0.369 e. The third-order valence-corrected chi connectivity index (χ3v) is 4.50. The molecule has 0 saturated heterocycles. The molecule has 0 unspecified atom stereocenters. The van der Waals surface area contributed by atoms with E-state index in [9.17, 15) is 0 Å². The van der Waals surface area contributed by atoms with Crippen LogP contribution in [0, 0.1) is 6.92 Å². The van der Waals surface area contributed by atoms with Crippen molar-refractivity contribution >= 4 is 5.69 Å². The summed E-state index contributed by atoms with van der Waals surface area (Å²) in [4.78, 5) is 12.1. The number of hydrogen-bond acceptors (Lipinski definition) is 3. The zero-order valence-electron chi connectivity index (χ0n) is 15.9. The molecule has 0 spiro atoms. The van der Waals surface area contributed by atoms with Gasteiger partial charge in [0.1, 0.15) is 0 Å². The predicted octanol–water partition coefficient (Wildman–Crippen LogP) is 5.20. The van der Waals surface area contributed by atoms with E-state index in [-0.39, 0.29) is 0 Å². The van der Waals surface area contributed by atoms with Crippen molar-refractivity contribution in [2.24, 2.45) is 0 Å². The molecule has 1 aromatic heterocycles. The lowest BCUT2D eigenvalue weighted by Crippen LogP contribution is -2.26. The molecule has 0 fully saturated rings. The average Bonchev–Trinajstić information content (AvgIpc) is 2.60. The van der Waals surface area contributed by atoms with Gasteiger partial charge in [-0.2, -0.15) is 0 Å². The highest BCUT2D eigenvalue weighted by atomic mass is 15.1. The number of nitrogens with zero attached hydrogens (tertiary/aromatic N) is 3. The van der Waals surface area contributed by atoms with Gasteiger partial charge in [-0.3, -0.25) is 0 Å². The summed E-state index contributed by atoms with van der Waals surface area (Å²) in [5.74, 6) is 0.874. The summed E-state index contributed by atoms with van der Waals surface area (Å²) < 4.78 is 0. The van der Waals surface area contributed by atoms with Gasteiger partial charge in [0.2, 0.25) is 0 Å². The van der Waals surface area contributed by atoms with Gasteiger partial charge in [0.15, 0.2) is 5.82 Å². The lowest BCUT2D eigenvalue weighted by atomic mass is 9.97. The van der Waals surface area contributed by atoms with E-state index in [4.69, 9.17) is 9.97 Å². The Morgan fingerprint density at radius 3 is 1.96 bits per heavy atom. The van der Waals surface area contributed by atoms with Crippen LogP contribution in [0.15, 0.2) is 24.4 Å². The van der Waals surface area contributed by atoms with E-state index in [2.05, 4.69) is 57.7 Å². The van der Waals surface area contributed by atoms with Gasteiger partial charge in [-0.25, -0.2) is 9.97 Å². The molecule has 0 saturated carbocycles. The van der Waals surface area contributed by atoms with Gasteiger partial charge < -0.3 is 4.90 Å². The Balaban J connectivity index is 2.47. The zero-order chi connectivity index (χ0) is 17.5. The molecule has 2 aromatic rings. The first kappa shape index (κ1) is 18.4. The van der Waals surface area contributed by atoms with Crippen LogP contribution in [0.25, 0.3) is 11.4 Å². The summed E-state index contributed by atoms with van der Waals surface area (Å²) in [5.41, 5.74) is 6.15. The molecule has 0 aliphatic rings. The Morgan fingerprint density at radius 2 is 1.50 bits per heavy atom.